The normalized spacial score (nSPS) is 12.4. The van der Waals surface area contributed by atoms with E-state index in [0.29, 0.717) is 23.2 Å². The van der Waals surface area contributed by atoms with Crippen LogP contribution in [0.25, 0.3) is 0 Å². The molecule has 4 aromatic rings. The van der Waals surface area contributed by atoms with E-state index in [1.807, 2.05) is 72.8 Å². The number of aryl methyl sites for hydroxylation is 2. The van der Waals surface area contributed by atoms with Crippen LogP contribution in [-0.4, -0.2) is 36.3 Å². The average Bonchev–Trinajstić information content (AvgIpc) is 3.22. The SMILES string of the molecule is COc1ccc(CCNC(=O)c2ccc(CCc3ccc(CN4C(=O)c5ccccc5C4=O)cc3)cc2)cc1. The number of hydrogen-bond acceptors (Lipinski definition) is 4. The maximum Gasteiger partial charge on any atom is 0.261 e. The summed E-state index contributed by atoms with van der Waals surface area (Å²) in [5.74, 6) is 0.256. The van der Waals surface area contributed by atoms with Crippen molar-refractivity contribution in [3.05, 3.63) is 136 Å². The zero-order chi connectivity index (χ0) is 27.2. The van der Waals surface area contributed by atoms with Gasteiger partial charge in [-0.3, -0.25) is 19.3 Å². The molecule has 1 heterocycles. The van der Waals surface area contributed by atoms with Gasteiger partial charge in [0.05, 0.1) is 24.8 Å². The molecule has 0 aliphatic carbocycles. The van der Waals surface area contributed by atoms with Gasteiger partial charge in [-0.1, -0.05) is 60.7 Å². The molecule has 0 unspecified atom stereocenters. The van der Waals surface area contributed by atoms with Crippen molar-refractivity contribution in [2.45, 2.75) is 25.8 Å². The Labute approximate surface area is 228 Å². The van der Waals surface area contributed by atoms with Crippen LogP contribution in [0, 0.1) is 0 Å². The lowest BCUT2D eigenvalue weighted by molar-refractivity contribution is 0.0642. The highest BCUT2D eigenvalue weighted by Gasteiger charge is 2.34. The van der Waals surface area contributed by atoms with Crippen LogP contribution in [0.1, 0.15) is 53.3 Å². The number of amides is 3. The van der Waals surface area contributed by atoms with Crippen LogP contribution in [-0.2, 0) is 25.8 Å². The Morgan fingerprint density at radius 3 is 1.72 bits per heavy atom. The van der Waals surface area contributed by atoms with E-state index in [1.54, 1.807) is 31.4 Å². The van der Waals surface area contributed by atoms with Gasteiger partial charge in [0.15, 0.2) is 0 Å². The molecule has 0 spiro atoms. The van der Waals surface area contributed by atoms with Crippen LogP contribution in [0.15, 0.2) is 97.1 Å². The first-order chi connectivity index (χ1) is 19.0. The standard InChI is InChI=1S/C33H30N2O4/c1-39-28-18-14-25(15-19-28)20-21-34-31(36)27-16-12-24(13-17-27)7-6-23-8-10-26(11-9-23)22-35-32(37)29-4-2-3-5-30(29)33(35)38/h2-5,8-19H,6-7,20-22H2,1H3,(H,34,36). The number of nitrogens with one attached hydrogen (secondary N) is 1. The molecule has 5 rings (SSSR count). The fraction of sp³-hybridized carbons (Fsp3) is 0.182. The Hall–Kier alpha value is -4.71. The van der Waals surface area contributed by atoms with E-state index in [1.165, 1.54) is 10.5 Å². The van der Waals surface area contributed by atoms with E-state index < -0.39 is 0 Å². The van der Waals surface area contributed by atoms with E-state index in [9.17, 15) is 14.4 Å². The van der Waals surface area contributed by atoms with Crippen LogP contribution in [0.5, 0.6) is 5.75 Å². The maximum absolute atomic E-state index is 12.6. The highest BCUT2D eigenvalue weighted by atomic mass is 16.5. The van der Waals surface area contributed by atoms with Gasteiger partial charge in [-0.2, -0.15) is 0 Å². The molecule has 0 fully saturated rings. The molecule has 0 saturated carbocycles. The Morgan fingerprint density at radius 2 is 1.15 bits per heavy atom. The van der Waals surface area contributed by atoms with Crippen molar-refractivity contribution >= 4 is 17.7 Å². The Bertz CT molecular complexity index is 1440. The second kappa shape index (κ2) is 11.8. The summed E-state index contributed by atoms with van der Waals surface area (Å²) in [5, 5.41) is 2.98. The lowest BCUT2D eigenvalue weighted by atomic mass is 10.0. The molecule has 0 radical (unpaired) electrons. The van der Waals surface area contributed by atoms with Crippen molar-refractivity contribution in [2.75, 3.05) is 13.7 Å². The Balaban J connectivity index is 1.08. The first kappa shape index (κ1) is 25.9. The second-order valence-electron chi connectivity index (χ2n) is 9.61. The Kier molecular flexibility index (Phi) is 7.83. The largest absolute Gasteiger partial charge is 0.497 e. The fourth-order valence-corrected chi connectivity index (χ4v) is 4.70. The zero-order valence-electron chi connectivity index (χ0n) is 21.9. The lowest BCUT2D eigenvalue weighted by Gasteiger charge is -2.14. The summed E-state index contributed by atoms with van der Waals surface area (Å²) in [6, 6.07) is 30.5. The minimum Gasteiger partial charge on any atom is -0.497 e. The molecule has 0 bridgehead atoms. The molecule has 39 heavy (non-hydrogen) atoms. The molecule has 1 aliphatic heterocycles. The number of fused-ring (bicyclic) bond motifs is 1. The highest BCUT2D eigenvalue weighted by Crippen LogP contribution is 2.24. The summed E-state index contributed by atoms with van der Waals surface area (Å²) in [6.07, 6.45) is 2.45. The molecule has 6 heteroatoms. The molecule has 0 atom stereocenters. The predicted octanol–water partition coefficient (Wildman–Crippen LogP) is 5.25. The topological polar surface area (TPSA) is 75.7 Å². The van der Waals surface area contributed by atoms with Crippen molar-refractivity contribution < 1.29 is 19.1 Å². The molecule has 0 aromatic heterocycles. The molecule has 6 nitrogen and oxygen atoms in total. The highest BCUT2D eigenvalue weighted by molar-refractivity contribution is 6.21. The van der Waals surface area contributed by atoms with Crippen molar-refractivity contribution in [2.24, 2.45) is 0 Å². The van der Waals surface area contributed by atoms with Gasteiger partial charge in [-0.05, 0) is 77.9 Å². The van der Waals surface area contributed by atoms with Crippen molar-refractivity contribution in [3.8, 4) is 5.75 Å². The second-order valence-corrected chi connectivity index (χ2v) is 9.61. The third-order valence-electron chi connectivity index (χ3n) is 7.02. The number of benzene rings is 4. The van der Waals surface area contributed by atoms with Gasteiger partial charge in [0.25, 0.3) is 17.7 Å². The van der Waals surface area contributed by atoms with Crippen molar-refractivity contribution in [3.63, 3.8) is 0 Å². The number of rotatable bonds is 10. The fourth-order valence-electron chi connectivity index (χ4n) is 4.70. The zero-order valence-corrected chi connectivity index (χ0v) is 21.9. The molecule has 0 saturated heterocycles. The first-order valence-electron chi connectivity index (χ1n) is 13.0. The number of carbonyl (C=O) groups is 3. The van der Waals surface area contributed by atoms with Gasteiger partial charge in [0.2, 0.25) is 0 Å². The summed E-state index contributed by atoms with van der Waals surface area (Å²) >= 11 is 0. The van der Waals surface area contributed by atoms with Gasteiger partial charge in [-0.25, -0.2) is 0 Å². The molecule has 1 N–H and O–H groups in total. The monoisotopic (exact) mass is 518 g/mol. The van der Waals surface area contributed by atoms with Gasteiger partial charge in [-0.15, -0.1) is 0 Å². The van der Waals surface area contributed by atoms with Gasteiger partial charge in [0, 0.05) is 12.1 Å². The third kappa shape index (κ3) is 6.07. The number of hydrogen-bond donors (Lipinski definition) is 1. The van der Waals surface area contributed by atoms with E-state index in [2.05, 4.69) is 5.32 Å². The van der Waals surface area contributed by atoms with Crippen LogP contribution in [0.2, 0.25) is 0 Å². The van der Waals surface area contributed by atoms with Crippen molar-refractivity contribution in [1.82, 2.24) is 10.2 Å². The van der Waals surface area contributed by atoms with Crippen LogP contribution >= 0.6 is 0 Å². The van der Waals surface area contributed by atoms with E-state index in [4.69, 9.17) is 4.74 Å². The number of imide groups is 1. The molecular formula is C33H30N2O4. The average molecular weight is 519 g/mol. The number of methoxy groups -OCH3 is 1. The van der Waals surface area contributed by atoms with Crippen LogP contribution in [0.3, 0.4) is 0 Å². The molecule has 196 valence electrons. The summed E-state index contributed by atoms with van der Waals surface area (Å²) < 4.78 is 5.17. The van der Waals surface area contributed by atoms with Gasteiger partial charge < -0.3 is 10.1 Å². The summed E-state index contributed by atoms with van der Waals surface area (Å²) in [4.78, 5) is 39.0. The minimum absolute atomic E-state index is 0.0799. The lowest BCUT2D eigenvalue weighted by Crippen LogP contribution is -2.29. The third-order valence-corrected chi connectivity index (χ3v) is 7.02. The van der Waals surface area contributed by atoms with Gasteiger partial charge >= 0.3 is 0 Å². The van der Waals surface area contributed by atoms with Crippen LogP contribution < -0.4 is 10.1 Å². The molecule has 1 aliphatic rings. The minimum atomic E-state index is -0.242. The van der Waals surface area contributed by atoms with Gasteiger partial charge in [0.1, 0.15) is 5.75 Å². The van der Waals surface area contributed by atoms with Crippen LogP contribution in [0.4, 0.5) is 0 Å². The van der Waals surface area contributed by atoms with E-state index >= 15 is 0 Å². The Morgan fingerprint density at radius 1 is 0.667 bits per heavy atom. The molecule has 4 aromatic carbocycles. The number of carbonyl (C=O) groups excluding carboxylic acids is 3. The summed E-state index contributed by atoms with van der Waals surface area (Å²) in [7, 11) is 1.64. The first-order valence-corrected chi connectivity index (χ1v) is 13.0. The molecule has 3 amide bonds. The smallest absolute Gasteiger partial charge is 0.261 e. The maximum atomic E-state index is 12.6. The summed E-state index contributed by atoms with van der Waals surface area (Å²) in [6.45, 7) is 0.826. The molecular weight excluding hydrogens is 488 g/mol. The van der Waals surface area contributed by atoms with E-state index in [-0.39, 0.29) is 24.3 Å². The number of nitrogens with zero attached hydrogens (tertiary/aromatic N) is 1. The predicted molar refractivity (Wildman–Crippen MR) is 150 cm³/mol. The quantitative estimate of drug-likeness (QED) is 0.291. The number of ether oxygens (including phenoxy) is 1. The van der Waals surface area contributed by atoms with Crippen molar-refractivity contribution in [1.29, 1.82) is 0 Å². The summed E-state index contributed by atoms with van der Waals surface area (Å²) in [5.41, 5.74) is 5.96. The van der Waals surface area contributed by atoms with E-state index in [0.717, 1.165) is 41.7 Å².